The van der Waals surface area contributed by atoms with Gasteiger partial charge in [-0.05, 0) is 28.9 Å². The lowest BCUT2D eigenvalue weighted by Crippen LogP contribution is -2.05. The molecule has 0 aliphatic rings. The van der Waals surface area contributed by atoms with Gasteiger partial charge in [0.25, 0.3) is 5.82 Å². The van der Waals surface area contributed by atoms with Crippen molar-refractivity contribution < 1.29 is 18.7 Å². The molecule has 0 fully saturated rings. The highest BCUT2D eigenvalue weighted by molar-refractivity contribution is 9.10. The molecule has 0 unspecified atom stereocenters. The van der Waals surface area contributed by atoms with Crippen molar-refractivity contribution in [1.29, 1.82) is 0 Å². The van der Waals surface area contributed by atoms with E-state index in [1.165, 1.54) is 6.92 Å². The second-order valence-corrected chi connectivity index (χ2v) is 4.27. The summed E-state index contributed by atoms with van der Waals surface area (Å²) in [5.74, 6) is -3.20. The molecule has 0 atom stereocenters. The maximum atomic E-state index is 13.6. The number of carboxylic acid groups (broad SMARTS) is 1. The molecule has 0 saturated carbocycles. The van der Waals surface area contributed by atoms with Gasteiger partial charge in [0.05, 0.1) is 4.47 Å². The summed E-state index contributed by atoms with van der Waals surface area (Å²) >= 11 is 2.92. The molecule has 94 valence electrons. The van der Waals surface area contributed by atoms with E-state index >= 15 is 0 Å². The number of aromatic nitrogens is 3. The van der Waals surface area contributed by atoms with Crippen LogP contribution in [-0.2, 0) is 0 Å². The molecule has 0 saturated heterocycles. The minimum atomic E-state index is -1.32. The SMILES string of the molecule is Cc1nc(C(=O)O)nn1-c1cc(Br)c(F)cc1F. The maximum Gasteiger partial charge on any atom is 0.375 e. The van der Waals surface area contributed by atoms with Crippen LogP contribution in [0.2, 0.25) is 0 Å². The minimum absolute atomic E-state index is 0.0469. The molecule has 2 aromatic rings. The van der Waals surface area contributed by atoms with Gasteiger partial charge in [-0.3, -0.25) is 0 Å². The van der Waals surface area contributed by atoms with E-state index < -0.39 is 23.4 Å². The van der Waals surface area contributed by atoms with Crippen LogP contribution in [0.1, 0.15) is 16.4 Å². The summed E-state index contributed by atoms with van der Waals surface area (Å²) in [6.07, 6.45) is 0. The zero-order valence-corrected chi connectivity index (χ0v) is 10.6. The Kier molecular flexibility index (Phi) is 3.12. The van der Waals surface area contributed by atoms with E-state index in [9.17, 15) is 13.6 Å². The molecule has 1 aromatic carbocycles. The summed E-state index contributed by atoms with van der Waals surface area (Å²) in [5, 5.41) is 12.4. The molecule has 0 amide bonds. The Bertz CT molecular complexity index is 642. The normalized spacial score (nSPS) is 10.7. The molecule has 2 rings (SSSR count). The number of carboxylic acids is 1. The molecular weight excluding hydrogens is 312 g/mol. The molecule has 0 aliphatic carbocycles. The Balaban J connectivity index is 2.62. The molecule has 0 radical (unpaired) electrons. The second kappa shape index (κ2) is 4.45. The molecule has 5 nitrogen and oxygen atoms in total. The summed E-state index contributed by atoms with van der Waals surface area (Å²) < 4.78 is 27.7. The zero-order valence-electron chi connectivity index (χ0n) is 8.99. The van der Waals surface area contributed by atoms with E-state index in [1.54, 1.807) is 0 Å². The monoisotopic (exact) mass is 317 g/mol. The van der Waals surface area contributed by atoms with Crippen LogP contribution < -0.4 is 0 Å². The van der Waals surface area contributed by atoms with E-state index in [0.717, 1.165) is 10.7 Å². The molecule has 8 heteroatoms. The summed E-state index contributed by atoms with van der Waals surface area (Å²) in [6, 6.07) is 1.85. The highest BCUT2D eigenvalue weighted by Gasteiger charge is 2.17. The minimum Gasteiger partial charge on any atom is -0.475 e. The summed E-state index contributed by atoms with van der Waals surface area (Å²) in [7, 11) is 0. The molecule has 0 aliphatic heterocycles. The lowest BCUT2D eigenvalue weighted by Gasteiger charge is -2.05. The third kappa shape index (κ3) is 2.10. The number of benzene rings is 1. The molecule has 18 heavy (non-hydrogen) atoms. The van der Waals surface area contributed by atoms with E-state index in [-0.39, 0.29) is 16.0 Å². The van der Waals surface area contributed by atoms with Gasteiger partial charge in [-0.25, -0.2) is 23.2 Å². The highest BCUT2D eigenvalue weighted by atomic mass is 79.9. The van der Waals surface area contributed by atoms with Crippen molar-refractivity contribution in [1.82, 2.24) is 14.8 Å². The molecule has 1 heterocycles. The van der Waals surface area contributed by atoms with Crippen LogP contribution in [0.5, 0.6) is 0 Å². The smallest absolute Gasteiger partial charge is 0.375 e. The molecule has 0 bridgehead atoms. The predicted molar refractivity (Wildman–Crippen MR) is 60.7 cm³/mol. The maximum absolute atomic E-state index is 13.6. The van der Waals surface area contributed by atoms with E-state index in [4.69, 9.17) is 5.11 Å². The fourth-order valence-corrected chi connectivity index (χ4v) is 1.71. The van der Waals surface area contributed by atoms with Crippen LogP contribution in [0.4, 0.5) is 8.78 Å². The Morgan fingerprint density at radius 2 is 2.06 bits per heavy atom. The third-order valence-corrected chi connectivity index (χ3v) is 2.79. The lowest BCUT2D eigenvalue weighted by atomic mass is 10.3. The van der Waals surface area contributed by atoms with Crippen LogP contribution in [0.15, 0.2) is 16.6 Å². The van der Waals surface area contributed by atoms with E-state index in [0.29, 0.717) is 6.07 Å². The first-order chi connectivity index (χ1) is 8.40. The summed E-state index contributed by atoms with van der Waals surface area (Å²) in [5.41, 5.74) is -0.0826. The fraction of sp³-hybridized carbons (Fsp3) is 0.100. The van der Waals surface area contributed by atoms with Crippen molar-refractivity contribution in [2.24, 2.45) is 0 Å². The molecule has 1 aromatic heterocycles. The number of hydrogen-bond donors (Lipinski definition) is 1. The number of aromatic carboxylic acids is 1. The first-order valence-electron chi connectivity index (χ1n) is 4.72. The summed E-state index contributed by atoms with van der Waals surface area (Å²) in [6.45, 7) is 1.47. The van der Waals surface area contributed by atoms with Crippen molar-refractivity contribution in [3.05, 3.63) is 39.9 Å². The Morgan fingerprint density at radius 1 is 1.39 bits per heavy atom. The Hall–Kier alpha value is -1.83. The lowest BCUT2D eigenvalue weighted by molar-refractivity contribution is 0.0683. The van der Waals surface area contributed by atoms with Crippen LogP contribution in [0.3, 0.4) is 0 Å². The average molecular weight is 318 g/mol. The first kappa shape index (κ1) is 12.6. The largest absolute Gasteiger partial charge is 0.475 e. The van der Waals surface area contributed by atoms with Gasteiger partial charge in [-0.2, -0.15) is 0 Å². The van der Waals surface area contributed by atoms with Crippen molar-refractivity contribution in [2.45, 2.75) is 6.92 Å². The van der Waals surface area contributed by atoms with Gasteiger partial charge in [0.15, 0.2) is 5.82 Å². The molecular formula is C10H6BrF2N3O2. The zero-order chi connectivity index (χ0) is 13.4. The quantitative estimate of drug-likeness (QED) is 0.863. The van der Waals surface area contributed by atoms with Gasteiger partial charge in [0.1, 0.15) is 17.3 Å². The standard InChI is InChI=1S/C10H6BrF2N3O2/c1-4-14-9(10(17)18)15-16(4)8-2-5(11)6(12)3-7(8)13/h2-3H,1H3,(H,17,18). The topological polar surface area (TPSA) is 68.0 Å². The second-order valence-electron chi connectivity index (χ2n) is 3.42. The van der Waals surface area contributed by atoms with Crippen LogP contribution >= 0.6 is 15.9 Å². The fourth-order valence-electron chi connectivity index (χ4n) is 1.38. The number of halogens is 3. The van der Waals surface area contributed by atoms with Gasteiger partial charge in [-0.1, -0.05) is 0 Å². The van der Waals surface area contributed by atoms with Crippen molar-refractivity contribution >= 4 is 21.9 Å². The number of carbonyl (C=O) groups is 1. The number of rotatable bonds is 2. The van der Waals surface area contributed by atoms with Gasteiger partial charge in [0, 0.05) is 6.07 Å². The van der Waals surface area contributed by atoms with Gasteiger partial charge in [-0.15, -0.1) is 5.10 Å². The van der Waals surface area contributed by atoms with Crippen LogP contribution in [0.25, 0.3) is 5.69 Å². The summed E-state index contributed by atoms with van der Waals surface area (Å²) in [4.78, 5) is 14.4. The Morgan fingerprint density at radius 3 is 2.61 bits per heavy atom. The molecule has 1 N–H and O–H groups in total. The van der Waals surface area contributed by atoms with Gasteiger partial charge in [0.2, 0.25) is 0 Å². The number of aryl methyl sites for hydroxylation is 1. The number of hydrogen-bond acceptors (Lipinski definition) is 3. The predicted octanol–water partition coefficient (Wildman–Crippen LogP) is 2.31. The molecule has 0 spiro atoms. The van der Waals surface area contributed by atoms with Crippen molar-refractivity contribution in [3.63, 3.8) is 0 Å². The van der Waals surface area contributed by atoms with Crippen LogP contribution in [-0.4, -0.2) is 25.8 Å². The third-order valence-electron chi connectivity index (χ3n) is 2.18. The van der Waals surface area contributed by atoms with Crippen LogP contribution in [0, 0.1) is 18.6 Å². The van der Waals surface area contributed by atoms with Gasteiger partial charge >= 0.3 is 5.97 Å². The Labute approximate surface area is 108 Å². The average Bonchev–Trinajstić information content (AvgIpc) is 2.66. The van der Waals surface area contributed by atoms with Crippen molar-refractivity contribution in [2.75, 3.05) is 0 Å². The highest BCUT2D eigenvalue weighted by Crippen LogP contribution is 2.23. The van der Waals surface area contributed by atoms with Crippen molar-refractivity contribution in [3.8, 4) is 5.69 Å². The van der Waals surface area contributed by atoms with E-state index in [1.807, 2.05) is 0 Å². The van der Waals surface area contributed by atoms with Gasteiger partial charge < -0.3 is 5.11 Å². The van der Waals surface area contributed by atoms with E-state index in [2.05, 4.69) is 26.0 Å². The number of nitrogens with zero attached hydrogens (tertiary/aromatic N) is 3. The first-order valence-corrected chi connectivity index (χ1v) is 5.51.